The van der Waals surface area contributed by atoms with Gasteiger partial charge in [0.1, 0.15) is 5.82 Å². The van der Waals surface area contributed by atoms with Gasteiger partial charge in [-0.05, 0) is 31.4 Å². The number of ether oxygens (including phenoxy) is 1. The van der Waals surface area contributed by atoms with Crippen molar-refractivity contribution in [1.82, 2.24) is 0 Å². The van der Waals surface area contributed by atoms with Crippen LogP contribution in [0.2, 0.25) is 5.02 Å². The van der Waals surface area contributed by atoms with Crippen LogP contribution >= 0.6 is 23.2 Å². The van der Waals surface area contributed by atoms with E-state index in [4.69, 9.17) is 27.9 Å². The van der Waals surface area contributed by atoms with Gasteiger partial charge in [-0.1, -0.05) is 17.7 Å². The summed E-state index contributed by atoms with van der Waals surface area (Å²) >= 11 is 12.1. The summed E-state index contributed by atoms with van der Waals surface area (Å²) in [5.74, 6) is 0.213. The van der Waals surface area contributed by atoms with Gasteiger partial charge in [0.05, 0.1) is 6.61 Å². The first-order chi connectivity index (χ1) is 8.17. The predicted molar refractivity (Wildman–Crippen MR) is 68.3 cm³/mol. The number of rotatable bonds is 3. The Morgan fingerprint density at radius 3 is 2.82 bits per heavy atom. The van der Waals surface area contributed by atoms with Crippen molar-refractivity contribution in [1.29, 1.82) is 0 Å². The quantitative estimate of drug-likeness (QED) is 0.757. The number of benzene rings is 1. The molecule has 1 aromatic carbocycles. The lowest BCUT2D eigenvalue weighted by molar-refractivity contribution is 0.00441. The van der Waals surface area contributed by atoms with E-state index in [1.807, 2.05) is 0 Å². The van der Waals surface area contributed by atoms with Crippen molar-refractivity contribution in [2.75, 3.05) is 19.1 Å². The fourth-order valence-electron chi connectivity index (χ4n) is 2.28. The van der Waals surface area contributed by atoms with Gasteiger partial charge in [-0.15, -0.1) is 11.6 Å². The highest BCUT2D eigenvalue weighted by molar-refractivity contribution is 6.31. The summed E-state index contributed by atoms with van der Waals surface area (Å²) in [6, 6.07) is 4.77. The van der Waals surface area contributed by atoms with Crippen LogP contribution in [-0.2, 0) is 11.2 Å². The van der Waals surface area contributed by atoms with Gasteiger partial charge < -0.3 is 4.74 Å². The molecule has 0 saturated carbocycles. The minimum atomic E-state index is -0.257. The second-order valence-corrected chi connectivity index (χ2v) is 5.34. The van der Waals surface area contributed by atoms with E-state index >= 15 is 0 Å². The van der Waals surface area contributed by atoms with Crippen molar-refractivity contribution in [2.45, 2.75) is 19.3 Å². The van der Waals surface area contributed by atoms with Gasteiger partial charge in [-0.2, -0.15) is 0 Å². The molecule has 0 radical (unpaired) electrons. The van der Waals surface area contributed by atoms with Gasteiger partial charge in [-0.3, -0.25) is 0 Å². The molecular weight excluding hydrogens is 262 g/mol. The molecule has 17 heavy (non-hydrogen) atoms. The van der Waals surface area contributed by atoms with E-state index in [0.29, 0.717) is 29.5 Å². The zero-order valence-electron chi connectivity index (χ0n) is 9.52. The summed E-state index contributed by atoms with van der Waals surface area (Å²) in [5, 5.41) is 0.472. The minimum Gasteiger partial charge on any atom is -0.381 e. The zero-order valence-corrected chi connectivity index (χ0v) is 11.0. The normalized spacial score (nSPS) is 24.9. The van der Waals surface area contributed by atoms with E-state index in [0.717, 1.165) is 19.4 Å². The summed E-state index contributed by atoms with van der Waals surface area (Å²) in [4.78, 5) is 0. The third kappa shape index (κ3) is 2.93. The Morgan fingerprint density at radius 1 is 1.41 bits per heavy atom. The van der Waals surface area contributed by atoms with Crippen LogP contribution in [0.1, 0.15) is 18.4 Å². The Morgan fingerprint density at radius 2 is 2.24 bits per heavy atom. The van der Waals surface area contributed by atoms with Crippen molar-refractivity contribution in [2.24, 2.45) is 5.41 Å². The van der Waals surface area contributed by atoms with Gasteiger partial charge in [0.2, 0.25) is 0 Å². The third-order valence-corrected chi connectivity index (χ3v) is 4.22. The topological polar surface area (TPSA) is 9.23 Å². The average molecular weight is 277 g/mol. The van der Waals surface area contributed by atoms with Crippen LogP contribution in [0.5, 0.6) is 0 Å². The summed E-state index contributed by atoms with van der Waals surface area (Å²) in [7, 11) is 0. The van der Waals surface area contributed by atoms with Gasteiger partial charge in [0.15, 0.2) is 0 Å². The Kier molecular flexibility index (Phi) is 4.29. The van der Waals surface area contributed by atoms with E-state index < -0.39 is 0 Å². The van der Waals surface area contributed by atoms with Crippen LogP contribution in [0.4, 0.5) is 4.39 Å². The number of hydrogen-bond acceptors (Lipinski definition) is 1. The first-order valence-corrected chi connectivity index (χ1v) is 6.65. The molecule has 1 aliphatic heterocycles. The largest absolute Gasteiger partial charge is 0.381 e. The fraction of sp³-hybridized carbons (Fsp3) is 0.538. The van der Waals surface area contributed by atoms with Gasteiger partial charge in [0, 0.05) is 28.5 Å². The van der Waals surface area contributed by atoms with Crippen molar-refractivity contribution in [3.8, 4) is 0 Å². The van der Waals surface area contributed by atoms with Crippen LogP contribution in [0.25, 0.3) is 0 Å². The van der Waals surface area contributed by atoms with Crippen LogP contribution in [0, 0.1) is 11.2 Å². The molecule has 1 aliphatic rings. The standard InChI is InChI=1S/C13H15Cl2FO/c14-8-13(5-2-6-17-9-13)7-10-11(15)3-1-4-12(10)16/h1,3-4H,2,5-9H2. The molecule has 0 bridgehead atoms. The fourth-order valence-corrected chi connectivity index (χ4v) is 2.81. The van der Waals surface area contributed by atoms with E-state index in [2.05, 4.69) is 0 Å². The monoisotopic (exact) mass is 276 g/mol. The Hall–Kier alpha value is -0.310. The van der Waals surface area contributed by atoms with Crippen LogP contribution in [-0.4, -0.2) is 19.1 Å². The Balaban J connectivity index is 2.23. The van der Waals surface area contributed by atoms with E-state index in [1.165, 1.54) is 6.07 Å². The van der Waals surface area contributed by atoms with E-state index in [-0.39, 0.29) is 11.2 Å². The molecule has 1 unspecified atom stereocenters. The molecule has 0 aliphatic carbocycles. The summed E-state index contributed by atoms with van der Waals surface area (Å²) in [6.45, 7) is 1.35. The maximum Gasteiger partial charge on any atom is 0.127 e. The molecule has 94 valence electrons. The van der Waals surface area contributed by atoms with Crippen molar-refractivity contribution >= 4 is 23.2 Å². The molecule has 1 heterocycles. The highest BCUT2D eigenvalue weighted by Gasteiger charge is 2.33. The van der Waals surface area contributed by atoms with Gasteiger partial charge in [-0.25, -0.2) is 4.39 Å². The molecule has 1 aromatic rings. The number of alkyl halides is 1. The van der Waals surface area contributed by atoms with Crippen LogP contribution < -0.4 is 0 Å². The molecule has 0 spiro atoms. The number of hydrogen-bond donors (Lipinski definition) is 0. The van der Waals surface area contributed by atoms with Crippen molar-refractivity contribution in [3.05, 3.63) is 34.6 Å². The summed E-state index contributed by atoms with van der Waals surface area (Å²) in [5.41, 5.74) is 0.381. The molecular formula is C13H15Cl2FO. The van der Waals surface area contributed by atoms with Crippen molar-refractivity contribution in [3.63, 3.8) is 0 Å². The van der Waals surface area contributed by atoms with Crippen LogP contribution in [0.3, 0.4) is 0 Å². The average Bonchev–Trinajstić information content (AvgIpc) is 2.35. The molecule has 0 aromatic heterocycles. The van der Waals surface area contributed by atoms with Gasteiger partial charge >= 0.3 is 0 Å². The highest BCUT2D eigenvalue weighted by atomic mass is 35.5. The lowest BCUT2D eigenvalue weighted by atomic mass is 9.79. The maximum atomic E-state index is 13.7. The lowest BCUT2D eigenvalue weighted by Crippen LogP contribution is -2.36. The molecule has 1 atom stereocenters. The molecule has 2 rings (SSSR count). The van der Waals surface area contributed by atoms with Crippen molar-refractivity contribution < 1.29 is 9.13 Å². The smallest absolute Gasteiger partial charge is 0.127 e. The third-order valence-electron chi connectivity index (χ3n) is 3.30. The molecule has 0 amide bonds. The highest BCUT2D eigenvalue weighted by Crippen LogP contribution is 2.36. The first kappa shape index (κ1) is 13.1. The Bertz CT molecular complexity index is 369. The SMILES string of the molecule is Fc1cccc(Cl)c1CC1(CCl)CCCOC1. The second-order valence-electron chi connectivity index (χ2n) is 4.67. The Labute approximate surface area is 111 Å². The predicted octanol–water partition coefficient (Wildman–Crippen LogP) is 4.06. The lowest BCUT2D eigenvalue weighted by Gasteiger charge is -2.35. The number of halogens is 3. The zero-order chi connectivity index (χ0) is 12.3. The van der Waals surface area contributed by atoms with Crippen LogP contribution in [0.15, 0.2) is 18.2 Å². The van der Waals surface area contributed by atoms with Gasteiger partial charge in [0.25, 0.3) is 0 Å². The molecule has 4 heteroatoms. The summed E-state index contributed by atoms with van der Waals surface area (Å²) in [6.07, 6.45) is 2.47. The molecule has 1 nitrogen and oxygen atoms in total. The maximum absolute atomic E-state index is 13.7. The van der Waals surface area contributed by atoms with E-state index in [1.54, 1.807) is 12.1 Å². The van der Waals surface area contributed by atoms with E-state index in [9.17, 15) is 4.39 Å². The minimum absolute atomic E-state index is 0.175. The molecule has 0 N–H and O–H groups in total. The molecule has 1 saturated heterocycles. The first-order valence-electron chi connectivity index (χ1n) is 5.73. The second kappa shape index (κ2) is 5.55. The molecule has 1 fully saturated rings. The summed E-state index contributed by atoms with van der Waals surface area (Å²) < 4.78 is 19.2.